The Morgan fingerprint density at radius 3 is 2.60 bits per heavy atom. The van der Waals surface area contributed by atoms with E-state index in [0.29, 0.717) is 12.5 Å². The average Bonchev–Trinajstić information content (AvgIpc) is 2.37. The number of ether oxygens (including phenoxy) is 1. The number of anilines is 1. The third kappa shape index (κ3) is 2.97. The molecule has 1 aliphatic carbocycles. The van der Waals surface area contributed by atoms with Gasteiger partial charge in [-0.25, -0.2) is 0 Å². The number of fused-ring (bicyclic) bond motifs is 1. The molecule has 1 N–H and O–H groups in total. The highest BCUT2D eigenvalue weighted by Crippen LogP contribution is 2.33. The van der Waals surface area contributed by atoms with Crippen LogP contribution in [0.5, 0.6) is 5.75 Å². The van der Waals surface area contributed by atoms with Crippen molar-refractivity contribution >= 4 is 11.6 Å². The maximum Gasteiger partial charge on any atom is 0.224 e. The van der Waals surface area contributed by atoms with Crippen LogP contribution in [-0.2, 0) is 11.2 Å². The molecule has 2 atom stereocenters. The van der Waals surface area contributed by atoms with Gasteiger partial charge >= 0.3 is 0 Å². The van der Waals surface area contributed by atoms with E-state index in [1.807, 2.05) is 12.1 Å². The van der Waals surface area contributed by atoms with Crippen molar-refractivity contribution in [2.75, 3.05) is 5.32 Å². The summed E-state index contributed by atoms with van der Waals surface area (Å²) in [5.74, 6) is 2.47. The summed E-state index contributed by atoms with van der Waals surface area (Å²) in [6.45, 7) is 4.61. The molecular formula is C17H23NO2. The van der Waals surface area contributed by atoms with Crippen LogP contribution in [0.2, 0.25) is 0 Å². The molecule has 0 bridgehead atoms. The van der Waals surface area contributed by atoms with Gasteiger partial charge in [-0.1, -0.05) is 19.9 Å². The van der Waals surface area contributed by atoms with Crippen molar-refractivity contribution in [3.63, 3.8) is 0 Å². The Hall–Kier alpha value is -1.51. The van der Waals surface area contributed by atoms with Gasteiger partial charge in [-0.05, 0) is 49.1 Å². The van der Waals surface area contributed by atoms with Gasteiger partial charge in [0.25, 0.3) is 0 Å². The largest absolute Gasteiger partial charge is 0.490 e. The number of amides is 1. The van der Waals surface area contributed by atoms with Crippen molar-refractivity contribution in [3.05, 3.63) is 23.8 Å². The number of benzene rings is 1. The molecule has 3 rings (SSSR count). The van der Waals surface area contributed by atoms with E-state index in [1.165, 1.54) is 12.0 Å². The first-order chi connectivity index (χ1) is 9.60. The molecule has 1 aromatic carbocycles. The van der Waals surface area contributed by atoms with Crippen molar-refractivity contribution < 1.29 is 9.53 Å². The number of carbonyl (C=O) groups is 1. The highest BCUT2D eigenvalue weighted by molar-refractivity contribution is 5.94. The van der Waals surface area contributed by atoms with Crippen molar-refractivity contribution in [2.24, 2.45) is 11.8 Å². The van der Waals surface area contributed by atoms with Crippen molar-refractivity contribution in [1.82, 2.24) is 0 Å². The van der Waals surface area contributed by atoms with Gasteiger partial charge in [0.15, 0.2) is 0 Å². The second-order valence-electron chi connectivity index (χ2n) is 6.52. The smallest absolute Gasteiger partial charge is 0.224 e. The zero-order valence-electron chi connectivity index (χ0n) is 12.3. The van der Waals surface area contributed by atoms with E-state index in [1.54, 1.807) is 0 Å². The van der Waals surface area contributed by atoms with Crippen LogP contribution < -0.4 is 10.1 Å². The second-order valence-corrected chi connectivity index (χ2v) is 6.52. The highest BCUT2D eigenvalue weighted by Gasteiger charge is 2.25. The Balaban J connectivity index is 1.71. The van der Waals surface area contributed by atoms with Crippen LogP contribution in [0.1, 0.15) is 45.1 Å². The zero-order chi connectivity index (χ0) is 14.1. The topological polar surface area (TPSA) is 38.3 Å². The molecule has 0 saturated heterocycles. The first-order valence-electron chi connectivity index (χ1n) is 7.69. The lowest BCUT2D eigenvalue weighted by Crippen LogP contribution is -2.28. The predicted octanol–water partition coefficient (Wildman–Crippen LogP) is 3.77. The van der Waals surface area contributed by atoms with Crippen LogP contribution in [0, 0.1) is 11.8 Å². The first kappa shape index (κ1) is 13.5. The molecule has 1 amide bonds. The van der Waals surface area contributed by atoms with Gasteiger partial charge < -0.3 is 10.1 Å². The number of nitrogens with one attached hydrogen (secondary N) is 1. The van der Waals surface area contributed by atoms with Crippen LogP contribution in [-0.4, -0.2) is 12.0 Å². The van der Waals surface area contributed by atoms with Crippen LogP contribution >= 0.6 is 0 Å². The van der Waals surface area contributed by atoms with E-state index in [0.717, 1.165) is 42.5 Å². The van der Waals surface area contributed by atoms with E-state index in [9.17, 15) is 4.79 Å². The SMILES string of the molecule is CC1CC(C)CC(Oc2ccc3c(c2)NC(=O)CC3)C1. The molecule has 1 heterocycles. The van der Waals surface area contributed by atoms with E-state index in [4.69, 9.17) is 4.74 Å². The van der Waals surface area contributed by atoms with Gasteiger partial charge in [0, 0.05) is 18.2 Å². The summed E-state index contributed by atoms with van der Waals surface area (Å²) in [7, 11) is 0. The summed E-state index contributed by atoms with van der Waals surface area (Å²) in [4.78, 5) is 11.5. The molecule has 0 spiro atoms. The quantitative estimate of drug-likeness (QED) is 0.890. The number of hydrogen-bond donors (Lipinski definition) is 1. The summed E-state index contributed by atoms with van der Waals surface area (Å²) >= 11 is 0. The Bertz CT molecular complexity index is 502. The molecule has 1 saturated carbocycles. The minimum Gasteiger partial charge on any atom is -0.490 e. The van der Waals surface area contributed by atoms with E-state index < -0.39 is 0 Å². The van der Waals surface area contributed by atoms with Crippen molar-refractivity contribution in [1.29, 1.82) is 0 Å². The van der Waals surface area contributed by atoms with E-state index >= 15 is 0 Å². The lowest BCUT2D eigenvalue weighted by atomic mass is 9.82. The number of hydrogen-bond acceptors (Lipinski definition) is 2. The third-order valence-corrected chi connectivity index (χ3v) is 4.41. The summed E-state index contributed by atoms with van der Waals surface area (Å²) in [5, 5.41) is 2.94. The molecule has 1 aliphatic heterocycles. The Labute approximate surface area is 120 Å². The summed E-state index contributed by atoms with van der Waals surface area (Å²) in [6, 6.07) is 6.11. The van der Waals surface area contributed by atoms with Gasteiger partial charge in [-0.2, -0.15) is 0 Å². The molecule has 2 aliphatic rings. The summed E-state index contributed by atoms with van der Waals surface area (Å²) in [5.41, 5.74) is 2.14. The monoisotopic (exact) mass is 273 g/mol. The molecule has 3 nitrogen and oxygen atoms in total. The molecular weight excluding hydrogens is 250 g/mol. The van der Waals surface area contributed by atoms with Crippen LogP contribution in [0.25, 0.3) is 0 Å². The number of aryl methyl sites for hydroxylation is 1. The Morgan fingerprint density at radius 1 is 1.10 bits per heavy atom. The van der Waals surface area contributed by atoms with Crippen molar-refractivity contribution in [3.8, 4) is 5.75 Å². The fraction of sp³-hybridized carbons (Fsp3) is 0.588. The van der Waals surface area contributed by atoms with Crippen LogP contribution in [0.3, 0.4) is 0 Å². The fourth-order valence-electron chi connectivity index (χ4n) is 3.59. The number of rotatable bonds is 2. The lowest BCUT2D eigenvalue weighted by molar-refractivity contribution is -0.116. The molecule has 0 radical (unpaired) electrons. The third-order valence-electron chi connectivity index (χ3n) is 4.41. The maximum absolute atomic E-state index is 11.5. The lowest BCUT2D eigenvalue weighted by Gasteiger charge is -2.32. The van der Waals surface area contributed by atoms with Gasteiger partial charge in [0.1, 0.15) is 5.75 Å². The Kier molecular flexibility index (Phi) is 3.68. The van der Waals surface area contributed by atoms with Gasteiger partial charge in [0.05, 0.1) is 6.10 Å². The Morgan fingerprint density at radius 2 is 1.85 bits per heavy atom. The minimum atomic E-state index is 0.106. The summed E-state index contributed by atoms with van der Waals surface area (Å²) < 4.78 is 6.15. The maximum atomic E-state index is 11.5. The van der Waals surface area contributed by atoms with Gasteiger partial charge in [0.2, 0.25) is 5.91 Å². The average molecular weight is 273 g/mol. The highest BCUT2D eigenvalue weighted by atomic mass is 16.5. The predicted molar refractivity (Wildman–Crippen MR) is 80.0 cm³/mol. The van der Waals surface area contributed by atoms with E-state index in [-0.39, 0.29) is 5.91 Å². The second kappa shape index (κ2) is 5.47. The van der Waals surface area contributed by atoms with Crippen molar-refractivity contribution in [2.45, 2.75) is 52.1 Å². The first-order valence-corrected chi connectivity index (χ1v) is 7.69. The van der Waals surface area contributed by atoms with Gasteiger partial charge in [-0.3, -0.25) is 4.79 Å². The van der Waals surface area contributed by atoms with Crippen LogP contribution in [0.15, 0.2) is 18.2 Å². The summed E-state index contributed by atoms with van der Waals surface area (Å²) in [6.07, 6.45) is 5.30. The molecule has 108 valence electrons. The zero-order valence-corrected chi connectivity index (χ0v) is 12.3. The molecule has 1 fully saturated rings. The molecule has 1 aromatic rings. The van der Waals surface area contributed by atoms with Crippen LogP contribution in [0.4, 0.5) is 5.69 Å². The molecule has 3 heteroatoms. The van der Waals surface area contributed by atoms with Gasteiger partial charge in [-0.15, -0.1) is 0 Å². The standard InChI is InChI=1S/C17H23NO2/c1-11-7-12(2)9-15(8-11)20-14-5-3-13-4-6-17(19)18-16(13)10-14/h3,5,10-12,15H,4,6-9H2,1-2H3,(H,18,19). The van der Waals surface area contributed by atoms with E-state index in [2.05, 4.69) is 25.2 Å². The molecule has 20 heavy (non-hydrogen) atoms. The normalized spacial score (nSPS) is 29.5. The minimum absolute atomic E-state index is 0.106. The fourth-order valence-corrected chi connectivity index (χ4v) is 3.59. The molecule has 0 aromatic heterocycles. The molecule has 2 unspecified atom stereocenters. The number of carbonyl (C=O) groups excluding carboxylic acids is 1.